The highest BCUT2D eigenvalue weighted by Crippen LogP contribution is 2.40. The number of nitrogens with two attached hydrogens (primary N) is 1. The van der Waals surface area contributed by atoms with Crippen LogP contribution >= 0.6 is 11.3 Å². The summed E-state index contributed by atoms with van der Waals surface area (Å²) in [6, 6.07) is 0. The average molecular weight is 363 g/mol. The number of nitrogens with one attached hydrogen (secondary N) is 1. The number of fused-ring (bicyclic) bond motifs is 1. The topological polar surface area (TPSA) is 112 Å². The van der Waals surface area contributed by atoms with Gasteiger partial charge in [-0.05, 0) is 43.6 Å². The maximum Gasteiger partial charge on any atom is 0.251 e. The summed E-state index contributed by atoms with van der Waals surface area (Å²) >= 11 is 1.40. The van der Waals surface area contributed by atoms with Gasteiger partial charge in [0.25, 0.3) is 5.91 Å². The summed E-state index contributed by atoms with van der Waals surface area (Å²) in [5.74, 6) is -2.89. The molecule has 136 valence electrons. The van der Waals surface area contributed by atoms with E-state index in [0.29, 0.717) is 29.3 Å². The van der Waals surface area contributed by atoms with Crippen molar-refractivity contribution < 1.29 is 19.5 Å². The lowest BCUT2D eigenvalue weighted by Gasteiger charge is -2.31. The van der Waals surface area contributed by atoms with Crippen LogP contribution in [0.25, 0.3) is 0 Å². The highest BCUT2D eigenvalue weighted by atomic mass is 32.1. The van der Waals surface area contributed by atoms with Crippen LogP contribution in [0.15, 0.2) is 0 Å². The van der Waals surface area contributed by atoms with Gasteiger partial charge in [0.15, 0.2) is 0 Å². The van der Waals surface area contributed by atoms with Crippen molar-refractivity contribution in [1.29, 1.82) is 0 Å². The standard InChI is InChI=1S/C18H24N2O4S/c1-9-6-7-12-13(8-9)25-17(14(12)15(19)21)20-16(22)10-4-2-3-5-11(10)18(23)24/h9-11H,2-8H2,1H3,(H2,19,21)(H,20,22)(H,23,24)/p-1. The Morgan fingerprint density at radius 3 is 2.48 bits per heavy atom. The first kappa shape index (κ1) is 17.9. The lowest BCUT2D eigenvalue weighted by atomic mass is 9.78. The van der Waals surface area contributed by atoms with E-state index in [4.69, 9.17) is 5.73 Å². The minimum atomic E-state index is -1.17. The zero-order valence-electron chi connectivity index (χ0n) is 14.3. The number of carboxylic acid groups (broad SMARTS) is 1. The summed E-state index contributed by atoms with van der Waals surface area (Å²) in [4.78, 5) is 37.1. The van der Waals surface area contributed by atoms with E-state index in [1.165, 1.54) is 11.3 Å². The summed E-state index contributed by atoms with van der Waals surface area (Å²) in [7, 11) is 0. The molecule has 0 saturated heterocycles. The lowest BCUT2D eigenvalue weighted by Crippen LogP contribution is -2.42. The number of primary amides is 1. The largest absolute Gasteiger partial charge is 0.550 e. The number of carbonyl (C=O) groups is 3. The van der Waals surface area contributed by atoms with Crippen LogP contribution in [0, 0.1) is 17.8 Å². The number of thiophene rings is 1. The van der Waals surface area contributed by atoms with Gasteiger partial charge in [-0.15, -0.1) is 11.3 Å². The second-order valence-electron chi connectivity index (χ2n) is 7.23. The zero-order valence-corrected chi connectivity index (χ0v) is 15.1. The van der Waals surface area contributed by atoms with E-state index < -0.39 is 23.7 Å². The molecule has 1 aromatic rings. The number of amides is 2. The summed E-state index contributed by atoms with van der Waals surface area (Å²) in [5.41, 5.74) is 6.91. The number of hydrogen-bond donors (Lipinski definition) is 2. The first-order chi connectivity index (χ1) is 11.9. The normalized spacial score (nSPS) is 25.9. The van der Waals surface area contributed by atoms with Gasteiger partial charge >= 0.3 is 0 Å². The summed E-state index contributed by atoms with van der Waals surface area (Å²) in [6.07, 6.45) is 5.25. The van der Waals surface area contributed by atoms with Crippen LogP contribution in [0.5, 0.6) is 0 Å². The van der Waals surface area contributed by atoms with Gasteiger partial charge in [-0.3, -0.25) is 9.59 Å². The van der Waals surface area contributed by atoms with Crippen molar-refractivity contribution in [3.05, 3.63) is 16.0 Å². The number of carboxylic acids is 1. The van der Waals surface area contributed by atoms with Crippen LogP contribution < -0.4 is 16.2 Å². The summed E-state index contributed by atoms with van der Waals surface area (Å²) < 4.78 is 0. The van der Waals surface area contributed by atoms with E-state index in [2.05, 4.69) is 12.2 Å². The van der Waals surface area contributed by atoms with Gasteiger partial charge in [-0.2, -0.15) is 0 Å². The van der Waals surface area contributed by atoms with Crippen LogP contribution in [0.3, 0.4) is 0 Å². The van der Waals surface area contributed by atoms with E-state index in [1.54, 1.807) is 0 Å². The zero-order chi connectivity index (χ0) is 18.1. The van der Waals surface area contributed by atoms with Gasteiger partial charge in [0.1, 0.15) is 5.00 Å². The fourth-order valence-corrected chi connectivity index (χ4v) is 5.45. The Labute approximate surface area is 150 Å². The Morgan fingerprint density at radius 2 is 1.84 bits per heavy atom. The molecule has 3 N–H and O–H groups in total. The fraction of sp³-hybridized carbons (Fsp3) is 0.611. The molecule has 0 aliphatic heterocycles. The molecule has 6 nitrogen and oxygen atoms in total. The molecular formula is C18H23N2O4S-. The molecular weight excluding hydrogens is 340 g/mol. The van der Waals surface area contributed by atoms with Crippen LogP contribution in [-0.2, 0) is 22.4 Å². The number of carbonyl (C=O) groups excluding carboxylic acids is 3. The third kappa shape index (κ3) is 3.56. The lowest BCUT2D eigenvalue weighted by molar-refractivity contribution is -0.313. The quantitative estimate of drug-likeness (QED) is 0.843. The molecule has 0 radical (unpaired) electrons. The highest BCUT2D eigenvalue weighted by molar-refractivity contribution is 7.17. The summed E-state index contributed by atoms with van der Waals surface area (Å²) in [5, 5.41) is 14.6. The van der Waals surface area contributed by atoms with Crippen LogP contribution in [0.2, 0.25) is 0 Å². The van der Waals surface area contributed by atoms with Crippen LogP contribution in [0.4, 0.5) is 5.00 Å². The molecule has 0 spiro atoms. The number of rotatable bonds is 4. The maximum absolute atomic E-state index is 12.7. The third-order valence-corrected chi connectivity index (χ3v) is 6.57. The third-order valence-electron chi connectivity index (χ3n) is 5.40. The first-order valence-corrected chi connectivity index (χ1v) is 9.66. The van der Waals surface area contributed by atoms with E-state index in [1.807, 2.05) is 0 Å². The van der Waals surface area contributed by atoms with Gasteiger partial charge in [0.05, 0.1) is 5.56 Å². The Balaban J connectivity index is 1.86. The molecule has 3 unspecified atom stereocenters. The molecule has 1 aromatic heterocycles. The van der Waals surface area contributed by atoms with Crippen molar-refractivity contribution in [2.75, 3.05) is 5.32 Å². The molecule has 1 saturated carbocycles. The number of hydrogen-bond acceptors (Lipinski definition) is 5. The Kier molecular flexibility index (Phi) is 5.13. The van der Waals surface area contributed by atoms with Crippen molar-refractivity contribution >= 4 is 34.1 Å². The summed E-state index contributed by atoms with van der Waals surface area (Å²) in [6.45, 7) is 2.16. The molecule has 1 heterocycles. The van der Waals surface area contributed by atoms with Gasteiger partial charge < -0.3 is 21.0 Å². The minimum absolute atomic E-state index is 0.344. The molecule has 0 aromatic carbocycles. The Morgan fingerprint density at radius 1 is 1.16 bits per heavy atom. The molecule has 3 atom stereocenters. The van der Waals surface area contributed by atoms with Crippen molar-refractivity contribution in [2.24, 2.45) is 23.5 Å². The predicted molar refractivity (Wildman–Crippen MR) is 93.1 cm³/mol. The molecule has 0 bridgehead atoms. The predicted octanol–water partition coefficient (Wildman–Crippen LogP) is 1.47. The van der Waals surface area contributed by atoms with Gasteiger partial charge in [-0.1, -0.05) is 19.8 Å². The van der Waals surface area contributed by atoms with E-state index in [9.17, 15) is 19.5 Å². The van der Waals surface area contributed by atoms with E-state index in [-0.39, 0.29) is 5.91 Å². The van der Waals surface area contributed by atoms with Gasteiger partial charge in [0, 0.05) is 22.7 Å². The first-order valence-electron chi connectivity index (χ1n) is 8.84. The molecule has 2 aliphatic carbocycles. The Bertz CT molecular complexity index is 712. The molecule has 2 amide bonds. The van der Waals surface area contributed by atoms with Gasteiger partial charge in [-0.25, -0.2) is 0 Å². The Hall–Kier alpha value is -1.89. The van der Waals surface area contributed by atoms with Crippen molar-refractivity contribution in [3.63, 3.8) is 0 Å². The van der Waals surface area contributed by atoms with Crippen molar-refractivity contribution in [2.45, 2.75) is 51.9 Å². The molecule has 1 fully saturated rings. The van der Waals surface area contributed by atoms with E-state index >= 15 is 0 Å². The fourth-order valence-electron chi connectivity index (χ4n) is 4.03. The smallest absolute Gasteiger partial charge is 0.251 e. The average Bonchev–Trinajstić information content (AvgIpc) is 2.91. The maximum atomic E-state index is 12.7. The monoisotopic (exact) mass is 363 g/mol. The number of anilines is 1. The van der Waals surface area contributed by atoms with Crippen molar-refractivity contribution in [1.82, 2.24) is 0 Å². The second-order valence-corrected chi connectivity index (χ2v) is 8.33. The molecule has 7 heteroatoms. The number of aliphatic carboxylic acids is 1. The SMILES string of the molecule is CC1CCc2c(sc(NC(=O)C3CCCCC3C(=O)[O-])c2C(N)=O)C1. The van der Waals surface area contributed by atoms with E-state index in [0.717, 1.165) is 42.5 Å². The van der Waals surface area contributed by atoms with Gasteiger partial charge in [0.2, 0.25) is 5.91 Å². The second kappa shape index (κ2) is 7.15. The van der Waals surface area contributed by atoms with Crippen molar-refractivity contribution in [3.8, 4) is 0 Å². The molecule has 25 heavy (non-hydrogen) atoms. The minimum Gasteiger partial charge on any atom is -0.550 e. The van der Waals surface area contributed by atoms with Crippen LogP contribution in [-0.4, -0.2) is 17.8 Å². The molecule has 3 rings (SSSR count). The highest BCUT2D eigenvalue weighted by Gasteiger charge is 2.34. The van der Waals surface area contributed by atoms with Crippen LogP contribution in [0.1, 0.15) is 59.8 Å². The molecule has 2 aliphatic rings.